The molecule has 0 bridgehead atoms. The van der Waals surface area contributed by atoms with Crippen LogP contribution in [0.25, 0.3) is 0 Å². The Bertz CT molecular complexity index is 1210. The number of carbonyl (C=O) groups excluding carboxylic acids is 2. The molecular weight excluding hydrogens is 875 g/mol. The van der Waals surface area contributed by atoms with E-state index in [0.717, 1.165) is 70.6 Å². The highest BCUT2D eigenvalue weighted by molar-refractivity contribution is 5.77. The van der Waals surface area contributed by atoms with Crippen LogP contribution in [0, 0.1) is 0 Å². The van der Waals surface area contributed by atoms with E-state index in [1.54, 1.807) is 0 Å². The second-order valence-electron chi connectivity index (χ2n) is 21.5. The van der Waals surface area contributed by atoms with Crippen molar-refractivity contribution in [2.75, 3.05) is 6.61 Å². The first-order chi connectivity index (χ1) is 35.0. The maximum Gasteiger partial charge on any atom is 0.306 e. The van der Waals surface area contributed by atoms with E-state index in [9.17, 15) is 19.8 Å². The van der Waals surface area contributed by atoms with Gasteiger partial charge in [-0.1, -0.05) is 288 Å². The van der Waals surface area contributed by atoms with E-state index in [-0.39, 0.29) is 24.9 Å². The zero-order valence-electron chi connectivity index (χ0n) is 47.6. The third-order valence-corrected chi connectivity index (χ3v) is 14.4. The third kappa shape index (κ3) is 53.9. The van der Waals surface area contributed by atoms with Gasteiger partial charge >= 0.3 is 5.97 Å². The summed E-state index contributed by atoms with van der Waals surface area (Å²) in [6, 6.07) is -0.709. The van der Waals surface area contributed by atoms with Gasteiger partial charge in [-0.15, -0.1) is 0 Å². The summed E-state index contributed by atoms with van der Waals surface area (Å²) in [7, 11) is 0. The standard InChI is InChI=1S/C65H121NO5/c1-4-7-10-13-16-19-22-25-28-31-34-37-40-43-46-49-52-55-58-65(70)71-61(56-53-50-47-44-41-38-35-32-29-26-23-20-17-14-11-8-5-2)59-64(69)66-62(60-67)63(68)57-54-51-48-45-42-39-36-33-30-27-24-21-18-15-12-9-6-3/h22,25-26,28-29,31,34,37,61-63,67-68H,4-21,23-24,27,30,32-33,35-36,38-60H2,1-3H3,(H,66,69)/b25-22+,29-26+,31-28+,37-34+. The van der Waals surface area contributed by atoms with E-state index in [1.165, 1.54) is 212 Å². The summed E-state index contributed by atoms with van der Waals surface area (Å²) in [5.74, 6) is -0.486. The van der Waals surface area contributed by atoms with Gasteiger partial charge < -0.3 is 20.3 Å². The summed E-state index contributed by atoms with van der Waals surface area (Å²) in [6.45, 7) is 6.50. The van der Waals surface area contributed by atoms with Crippen LogP contribution < -0.4 is 5.32 Å². The summed E-state index contributed by atoms with van der Waals surface area (Å²) in [6.07, 6.45) is 73.2. The van der Waals surface area contributed by atoms with Gasteiger partial charge in [-0.2, -0.15) is 0 Å². The highest BCUT2D eigenvalue weighted by Gasteiger charge is 2.24. The van der Waals surface area contributed by atoms with E-state index < -0.39 is 18.2 Å². The lowest BCUT2D eigenvalue weighted by Gasteiger charge is -2.24. The molecule has 1 amide bonds. The highest BCUT2D eigenvalue weighted by Crippen LogP contribution is 2.19. The SMILES string of the molecule is CCCCCCC/C=C/C=C/C=C/CCCCCCCC(=O)OC(CCCCCCCCC/C=C/CCCCCCCC)CC(=O)NC(CO)C(O)CCCCCCCCCCCCCCCCCCC. The van der Waals surface area contributed by atoms with Crippen LogP contribution >= 0.6 is 0 Å². The molecule has 3 N–H and O–H groups in total. The van der Waals surface area contributed by atoms with Gasteiger partial charge in [-0.05, 0) is 77.0 Å². The van der Waals surface area contributed by atoms with Crippen LogP contribution in [0.5, 0.6) is 0 Å². The van der Waals surface area contributed by atoms with Gasteiger partial charge in [0.1, 0.15) is 6.10 Å². The Balaban J connectivity index is 4.57. The molecule has 0 aromatic heterocycles. The molecule has 0 saturated carbocycles. The van der Waals surface area contributed by atoms with E-state index >= 15 is 0 Å². The predicted octanol–water partition coefficient (Wildman–Crippen LogP) is 19.7. The van der Waals surface area contributed by atoms with Crippen LogP contribution in [0.2, 0.25) is 0 Å². The van der Waals surface area contributed by atoms with Crippen LogP contribution in [0.3, 0.4) is 0 Å². The predicted molar refractivity (Wildman–Crippen MR) is 310 cm³/mol. The lowest BCUT2D eigenvalue weighted by molar-refractivity contribution is -0.151. The Morgan fingerprint density at radius 2 is 0.732 bits per heavy atom. The average Bonchev–Trinajstić information content (AvgIpc) is 3.36. The summed E-state index contributed by atoms with van der Waals surface area (Å²) >= 11 is 0. The Morgan fingerprint density at radius 1 is 0.408 bits per heavy atom. The summed E-state index contributed by atoms with van der Waals surface area (Å²) in [5.41, 5.74) is 0. The van der Waals surface area contributed by atoms with Crippen molar-refractivity contribution in [2.24, 2.45) is 0 Å². The molecule has 0 heterocycles. The molecule has 71 heavy (non-hydrogen) atoms. The number of rotatable bonds is 57. The molecule has 0 radical (unpaired) electrons. The van der Waals surface area contributed by atoms with E-state index in [1.807, 2.05) is 0 Å². The van der Waals surface area contributed by atoms with Gasteiger partial charge in [0.2, 0.25) is 5.91 Å². The first-order valence-corrected chi connectivity index (χ1v) is 31.4. The lowest BCUT2D eigenvalue weighted by Crippen LogP contribution is -2.46. The highest BCUT2D eigenvalue weighted by atomic mass is 16.5. The van der Waals surface area contributed by atoms with Crippen LogP contribution in [0.15, 0.2) is 48.6 Å². The summed E-state index contributed by atoms with van der Waals surface area (Å²) in [4.78, 5) is 26.4. The number of hydrogen-bond donors (Lipinski definition) is 3. The molecule has 0 saturated heterocycles. The normalized spacial score (nSPS) is 13.4. The monoisotopic (exact) mass is 996 g/mol. The minimum atomic E-state index is -0.794. The number of amides is 1. The number of aliphatic hydroxyl groups excluding tert-OH is 2. The smallest absolute Gasteiger partial charge is 0.306 e. The van der Waals surface area contributed by atoms with Gasteiger partial charge in [-0.3, -0.25) is 9.59 Å². The molecule has 0 aliphatic rings. The van der Waals surface area contributed by atoms with Gasteiger partial charge in [0.15, 0.2) is 0 Å². The fourth-order valence-corrected chi connectivity index (χ4v) is 9.66. The molecule has 0 aliphatic carbocycles. The number of esters is 1. The quantitative estimate of drug-likeness (QED) is 0.0244. The molecule has 3 unspecified atom stereocenters. The summed E-state index contributed by atoms with van der Waals surface area (Å²) in [5, 5.41) is 24.0. The molecule has 0 aromatic rings. The average molecular weight is 997 g/mol. The Hall–Kier alpha value is -2.18. The zero-order valence-corrected chi connectivity index (χ0v) is 47.6. The Kier molecular flexibility index (Phi) is 56.9. The van der Waals surface area contributed by atoms with Crippen molar-refractivity contribution < 1.29 is 24.5 Å². The van der Waals surface area contributed by atoms with Crippen LogP contribution in [-0.2, 0) is 14.3 Å². The minimum absolute atomic E-state index is 0.0680. The molecule has 0 aliphatic heterocycles. The van der Waals surface area contributed by atoms with Crippen molar-refractivity contribution in [2.45, 2.75) is 347 Å². The number of unbranched alkanes of at least 4 members (excludes halogenated alkanes) is 39. The number of aliphatic hydroxyl groups is 2. The van der Waals surface area contributed by atoms with Crippen molar-refractivity contribution in [3.63, 3.8) is 0 Å². The van der Waals surface area contributed by atoms with E-state index in [2.05, 4.69) is 74.7 Å². The zero-order chi connectivity index (χ0) is 51.6. The van der Waals surface area contributed by atoms with Gasteiger partial charge in [0, 0.05) is 6.42 Å². The summed E-state index contributed by atoms with van der Waals surface area (Å²) < 4.78 is 5.97. The molecule has 3 atom stereocenters. The molecule has 6 nitrogen and oxygen atoms in total. The number of nitrogens with one attached hydrogen (secondary N) is 1. The fraction of sp³-hybridized carbons (Fsp3) is 0.846. The topological polar surface area (TPSA) is 95.9 Å². The molecule has 0 aromatic carbocycles. The first-order valence-electron chi connectivity index (χ1n) is 31.4. The van der Waals surface area contributed by atoms with E-state index in [4.69, 9.17) is 4.74 Å². The Morgan fingerprint density at radius 3 is 1.11 bits per heavy atom. The van der Waals surface area contributed by atoms with Crippen LogP contribution in [0.4, 0.5) is 0 Å². The van der Waals surface area contributed by atoms with Crippen molar-refractivity contribution in [1.82, 2.24) is 5.32 Å². The number of carbonyl (C=O) groups is 2. The molecule has 0 rings (SSSR count). The maximum absolute atomic E-state index is 13.3. The maximum atomic E-state index is 13.3. The second kappa shape index (κ2) is 58.7. The Labute approximate surface area is 442 Å². The second-order valence-corrected chi connectivity index (χ2v) is 21.5. The third-order valence-electron chi connectivity index (χ3n) is 14.4. The number of allylic oxidation sites excluding steroid dienone is 8. The molecular formula is C65H121NO5. The fourth-order valence-electron chi connectivity index (χ4n) is 9.66. The van der Waals surface area contributed by atoms with Crippen molar-refractivity contribution >= 4 is 11.9 Å². The van der Waals surface area contributed by atoms with Gasteiger partial charge in [0.05, 0.1) is 25.2 Å². The molecule has 0 fully saturated rings. The molecule has 416 valence electrons. The molecule has 6 heteroatoms. The number of ether oxygens (including phenoxy) is 1. The first kappa shape index (κ1) is 68.8. The number of hydrogen-bond acceptors (Lipinski definition) is 5. The van der Waals surface area contributed by atoms with Crippen molar-refractivity contribution in [3.8, 4) is 0 Å². The van der Waals surface area contributed by atoms with E-state index in [0.29, 0.717) is 19.3 Å². The van der Waals surface area contributed by atoms with Crippen molar-refractivity contribution in [3.05, 3.63) is 48.6 Å². The minimum Gasteiger partial charge on any atom is -0.462 e. The molecule has 0 spiro atoms. The van der Waals surface area contributed by atoms with Crippen LogP contribution in [0.1, 0.15) is 329 Å². The van der Waals surface area contributed by atoms with Gasteiger partial charge in [0.25, 0.3) is 0 Å². The van der Waals surface area contributed by atoms with Gasteiger partial charge in [-0.25, -0.2) is 0 Å². The van der Waals surface area contributed by atoms with Crippen LogP contribution in [-0.4, -0.2) is 46.9 Å². The largest absolute Gasteiger partial charge is 0.462 e. The lowest BCUT2D eigenvalue weighted by atomic mass is 10.0. The van der Waals surface area contributed by atoms with Crippen molar-refractivity contribution in [1.29, 1.82) is 0 Å².